The maximum absolute atomic E-state index is 12.7. The predicted octanol–water partition coefficient (Wildman–Crippen LogP) is 3.77. The van der Waals surface area contributed by atoms with Crippen molar-refractivity contribution < 1.29 is 27.8 Å². The quantitative estimate of drug-likeness (QED) is 0.789. The maximum atomic E-state index is 12.7. The Hall–Kier alpha value is -2.58. The van der Waals surface area contributed by atoms with Gasteiger partial charge >= 0.3 is 12.3 Å². The van der Waals surface area contributed by atoms with E-state index in [-0.39, 0.29) is 24.4 Å². The van der Waals surface area contributed by atoms with Crippen LogP contribution in [0.4, 0.5) is 13.2 Å². The minimum Gasteiger partial charge on any atom is -0.480 e. The van der Waals surface area contributed by atoms with Crippen molar-refractivity contribution in [3.05, 3.63) is 65.7 Å². The standard InChI is InChI=1S/C21H23F3N2O3/c1-15-13-26(11-10-25(15)14-19(27)28)20(16-6-3-2-4-7-16)17-8-5-9-18(12-17)29-21(22,23)24/h2-9,12,15,20H,10-11,13-14H2,1H3,(H,27,28)/t15?,20-/m1/s1. The third kappa shape index (κ3) is 5.71. The van der Waals surface area contributed by atoms with Crippen LogP contribution >= 0.6 is 0 Å². The van der Waals surface area contributed by atoms with Crippen molar-refractivity contribution in [2.75, 3.05) is 26.2 Å². The number of alkyl halides is 3. The summed E-state index contributed by atoms with van der Waals surface area (Å²) in [6, 6.07) is 15.3. The molecule has 0 saturated carbocycles. The van der Waals surface area contributed by atoms with Crippen LogP contribution in [0.1, 0.15) is 24.1 Å². The van der Waals surface area contributed by atoms with E-state index < -0.39 is 12.3 Å². The molecule has 1 N–H and O–H groups in total. The number of hydrogen-bond donors (Lipinski definition) is 1. The van der Waals surface area contributed by atoms with Crippen LogP contribution in [0.3, 0.4) is 0 Å². The van der Waals surface area contributed by atoms with E-state index in [0.717, 1.165) is 5.56 Å². The first-order valence-corrected chi connectivity index (χ1v) is 9.33. The number of ether oxygens (including phenoxy) is 1. The first-order chi connectivity index (χ1) is 13.7. The molecule has 0 aliphatic carbocycles. The fraction of sp³-hybridized carbons (Fsp3) is 0.381. The highest BCUT2D eigenvalue weighted by atomic mass is 19.4. The Labute approximate surface area is 167 Å². The molecule has 156 valence electrons. The van der Waals surface area contributed by atoms with Crippen molar-refractivity contribution in [3.63, 3.8) is 0 Å². The number of rotatable bonds is 6. The van der Waals surface area contributed by atoms with Gasteiger partial charge < -0.3 is 9.84 Å². The van der Waals surface area contributed by atoms with Crippen LogP contribution < -0.4 is 4.74 Å². The summed E-state index contributed by atoms with van der Waals surface area (Å²) in [7, 11) is 0. The lowest BCUT2D eigenvalue weighted by Gasteiger charge is -2.43. The molecule has 1 unspecified atom stereocenters. The predicted molar refractivity (Wildman–Crippen MR) is 102 cm³/mol. The van der Waals surface area contributed by atoms with Crippen molar-refractivity contribution in [1.29, 1.82) is 0 Å². The van der Waals surface area contributed by atoms with Gasteiger partial charge in [-0.15, -0.1) is 13.2 Å². The Bertz CT molecular complexity index is 829. The first-order valence-electron chi connectivity index (χ1n) is 9.33. The van der Waals surface area contributed by atoms with Gasteiger partial charge in [0.25, 0.3) is 0 Å². The molecule has 5 nitrogen and oxygen atoms in total. The number of carboxylic acid groups (broad SMARTS) is 1. The van der Waals surface area contributed by atoms with Gasteiger partial charge in [0.15, 0.2) is 0 Å². The number of carboxylic acids is 1. The highest BCUT2D eigenvalue weighted by Crippen LogP contribution is 2.33. The van der Waals surface area contributed by atoms with Crippen molar-refractivity contribution in [3.8, 4) is 5.75 Å². The Morgan fingerprint density at radius 1 is 1.14 bits per heavy atom. The molecule has 3 rings (SSSR count). The Balaban J connectivity index is 1.89. The van der Waals surface area contributed by atoms with E-state index >= 15 is 0 Å². The third-order valence-corrected chi connectivity index (χ3v) is 5.02. The van der Waals surface area contributed by atoms with Crippen LogP contribution in [0.15, 0.2) is 54.6 Å². The van der Waals surface area contributed by atoms with Gasteiger partial charge in [-0.3, -0.25) is 14.6 Å². The number of carbonyl (C=O) groups is 1. The molecule has 1 heterocycles. The zero-order valence-electron chi connectivity index (χ0n) is 16.0. The summed E-state index contributed by atoms with van der Waals surface area (Å²) in [4.78, 5) is 15.1. The fourth-order valence-electron chi connectivity index (χ4n) is 3.80. The maximum Gasteiger partial charge on any atom is 0.573 e. The van der Waals surface area contributed by atoms with Crippen LogP contribution in [-0.2, 0) is 4.79 Å². The van der Waals surface area contributed by atoms with Crippen molar-refractivity contribution in [2.24, 2.45) is 0 Å². The second-order valence-electron chi connectivity index (χ2n) is 7.14. The van der Waals surface area contributed by atoms with E-state index in [0.29, 0.717) is 25.2 Å². The van der Waals surface area contributed by atoms with Gasteiger partial charge in [0.05, 0.1) is 12.6 Å². The second-order valence-corrected chi connectivity index (χ2v) is 7.14. The molecule has 29 heavy (non-hydrogen) atoms. The van der Waals surface area contributed by atoms with Gasteiger partial charge in [0, 0.05) is 25.7 Å². The minimum atomic E-state index is -4.75. The van der Waals surface area contributed by atoms with Crippen LogP contribution in [0.5, 0.6) is 5.75 Å². The summed E-state index contributed by atoms with van der Waals surface area (Å²) in [5, 5.41) is 9.08. The molecule has 0 spiro atoms. The summed E-state index contributed by atoms with van der Waals surface area (Å²) < 4.78 is 42.1. The van der Waals surface area contributed by atoms with Gasteiger partial charge in [0.1, 0.15) is 5.75 Å². The molecule has 1 fully saturated rings. The number of benzene rings is 2. The molecule has 0 radical (unpaired) electrons. The van der Waals surface area contributed by atoms with Gasteiger partial charge in [-0.2, -0.15) is 0 Å². The fourth-order valence-corrected chi connectivity index (χ4v) is 3.80. The van der Waals surface area contributed by atoms with Gasteiger partial charge in [-0.1, -0.05) is 42.5 Å². The average Bonchev–Trinajstić information content (AvgIpc) is 2.64. The molecular formula is C21H23F3N2O3. The summed E-state index contributed by atoms with van der Waals surface area (Å²) >= 11 is 0. The van der Waals surface area contributed by atoms with E-state index in [2.05, 4.69) is 9.64 Å². The van der Waals surface area contributed by atoms with Crippen LogP contribution in [0.2, 0.25) is 0 Å². The van der Waals surface area contributed by atoms with E-state index in [4.69, 9.17) is 5.11 Å². The lowest BCUT2D eigenvalue weighted by molar-refractivity contribution is -0.274. The SMILES string of the molecule is CC1CN([C@H](c2ccccc2)c2cccc(OC(F)(F)F)c2)CCN1CC(=O)O. The lowest BCUT2D eigenvalue weighted by atomic mass is 9.95. The van der Waals surface area contributed by atoms with E-state index in [1.807, 2.05) is 42.2 Å². The summed E-state index contributed by atoms with van der Waals surface area (Å²) in [5.41, 5.74) is 1.65. The molecule has 0 amide bonds. The lowest BCUT2D eigenvalue weighted by Crippen LogP contribution is -2.54. The number of nitrogens with zero attached hydrogens (tertiary/aromatic N) is 2. The molecule has 2 atom stereocenters. The average molecular weight is 408 g/mol. The highest BCUT2D eigenvalue weighted by molar-refractivity contribution is 5.69. The highest BCUT2D eigenvalue weighted by Gasteiger charge is 2.33. The molecule has 0 bridgehead atoms. The molecule has 8 heteroatoms. The largest absolute Gasteiger partial charge is 0.573 e. The smallest absolute Gasteiger partial charge is 0.480 e. The zero-order chi connectivity index (χ0) is 21.0. The monoisotopic (exact) mass is 408 g/mol. The van der Waals surface area contributed by atoms with Crippen LogP contribution in [0.25, 0.3) is 0 Å². The van der Waals surface area contributed by atoms with Crippen molar-refractivity contribution in [1.82, 2.24) is 9.80 Å². The molecule has 0 aromatic heterocycles. The van der Waals surface area contributed by atoms with Crippen molar-refractivity contribution in [2.45, 2.75) is 25.4 Å². The number of halogens is 3. The summed E-state index contributed by atoms with van der Waals surface area (Å²) in [5.74, 6) is -1.13. The topological polar surface area (TPSA) is 53.0 Å². The van der Waals surface area contributed by atoms with Gasteiger partial charge in [-0.05, 0) is 30.2 Å². The molecule has 1 aliphatic heterocycles. The number of aliphatic carboxylic acids is 1. The second kappa shape index (κ2) is 8.84. The Morgan fingerprint density at radius 2 is 1.83 bits per heavy atom. The van der Waals surface area contributed by atoms with E-state index in [1.54, 1.807) is 12.1 Å². The summed E-state index contributed by atoms with van der Waals surface area (Å²) in [6.45, 7) is 3.69. The Kier molecular flexibility index (Phi) is 6.44. The van der Waals surface area contributed by atoms with Gasteiger partial charge in [-0.25, -0.2) is 0 Å². The number of piperazine rings is 1. The molecule has 2 aromatic rings. The zero-order valence-corrected chi connectivity index (χ0v) is 16.0. The van der Waals surface area contributed by atoms with Crippen molar-refractivity contribution >= 4 is 5.97 Å². The van der Waals surface area contributed by atoms with E-state index in [9.17, 15) is 18.0 Å². The molecule has 2 aromatic carbocycles. The van der Waals surface area contributed by atoms with Gasteiger partial charge in [0.2, 0.25) is 0 Å². The molecule has 1 saturated heterocycles. The number of hydrogen-bond acceptors (Lipinski definition) is 4. The van der Waals surface area contributed by atoms with E-state index in [1.165, 1.54) is 12.1 Å². The first kappa shape index (κ1) is 21.1. The Morgan fingerprint density at radius 3 is 2.45 bits per heavy atom. The normalized spacial score (nSPS) is 19.7. The summed E-state index contributed by atoms with van der Waals surface area (Å²) in [6.07, 6.45) is -4.75. The third-order valence-electron chi connectivity index (χ3n) is 5.02. The molecular weight excluding hydrogens is 385 g/mol. The van der Waals surface area contributed by atoms with Crippen LogP contribution in [0, 0.1) is 0 Å². The minimum absolute atomic E-state index is 0.000620. The van der Waals surface area contributed by atoms with Crippen LogP contribution in [-0.4, -0.2) is 59.5 Å². The molecule has 1 aliphatic rings.